The molecule has 2 saturated heterocycles. The van der Waals surface area contributed by atoms with Gasteiger partial charge in [-0.2, -0.15) is 0 Å². The van der Waals surface area contributed by atoms with Crippen LogP contribution in [0.4, 0.5) is 0 Å². The summed E-state index contributed by atoms with van der Waals surface area (Å²) in [6.45, 7) is 7.30. The Kier molecular flexibility index (Phi) is 3.92. The Balaban J connectivity index is 1.43. The van der Waals surface area contributed by atoms with E-state index in [2.05, 4.69) is 23.7 Å². The summed E-state index contributed by atoms with van der Waals surface area (Å²) >= 11 is 0. The Morgan fingerprint density at radius 3 is 2.74 bits per heavy atom. The molecule has 0 radical (unpaired) electrons. The molecule has 3 heterocycles. The minimum atomic E-state index is 0.117. The molecule has 4 rings (SSSR count). The molecule has 0 bridgehead atoms. The summed E-state index contributed by atoms with van der Waals surface area (Å²) in [5.74, 6) is 0.778. The number of carbonyl (C=O) groups is 1. The second-order valence-corrected chi connectivity index (χ2v) is 7.78. The van der Waals surface area contributed by atoms with Gasteiger partial charge < -0.3 is 9.47 Å². The van der Waals surface area contributed by atoms with Gasteiger partial charge in [0.15, 0.2) is 0 Å². The van der Waals surface area contributed by atoms with Crippen molar-refractivity contribution in [3.63, 3.8) is 0 Å². The predicted octanol–water partition coefficient (Wildman–Crippen LogP) is 2.55. The molecule has 2 atom stereocenters. The molecule has 0 N–H and O–H groups in total. The monoisotopic (exact) mass is 316 g/mol. The Labute approximate surface area is 138 Å². The fraction of sp³-hybridized carbons (Fsp3) is 0.778. The first-order valence-corrected chi connectivity index (χ1v) is 9.22. The van der Waals surface area contributed by atoms with Crippen LogP contribution in [0.15, 0.2) is 12.5 Å². The number of aromatic nitrogens is 2. The Bertz CT molecular complexity index is 577. The first-order valence-electron chi connectivity index (χ1n) is 9.22. The summed E-state index contributed by atoms with van der Waals surface area (Å²) in [5.41, 5.74) is 0.604. The van der Waals surface area contributed by atoms with E-state index in [4.69, 9.17) is 0 Å². The summed E-state index contributed by atoms with van der Waals surface area (Å²) in [5, 5.41) is 0. The number of amides is 1. The van der Waals surface area contributed by atoms with Crippen molar-refractivity contribution in [1.29, 1.82) is 0 Å². The molecule has 1 amide bonds. The number of rotatable bonds is 3. The second kappa shape index (κ2) is 5.93. The van der Waals surface area contributed by atoms with E-state index in [1.807, 2.05) is 15.7 Å². The molecule has 1 aromatic rings. The summed E-state index contributed by atoms with van der Waals surface area (Å²) in [4.78, 5) is 21.9. The molecule has 0 unspecified atom stereocenters. The van der Waals surface area contributed by atoms with Gasteiger partial charge in [-0.25, -0.2) is 4.98 Å². The first kappa shape index (κ1) is 15.2. The zero-order valence-electron chi connectivity index (χ0n) is 14.3. The summed E-state index contributed by atoms with van der Waals surface area (Å²) < 4.78 is 2.01. The van der Waals surface area contributed by atoms with Gasteiger partial charge in [0, 0.05) is 37.4 Å². The Morgan fingerprint density at radius 2 is 2.04 bits per heavy atom. The lowest BCUT2D eigenvalue weighted by molar-refractivity contribution is 0.0172. The molecule has 0 spiro atoms. The number of hydrogen-bond donors (Lipinski definition) is 0. The number of carbonyl (C=O) groups excluding carboxylic acids is 1. The molecule has 3 aliphatic rings. The molecular formula is C18H28N4O. The molecular weight excluding hydrogens is 288 g/mol. The van der Waals surface area contributed by atoms with E-state index in [1.165, 1.54) is 32.2 Å². The largest absolute Gasteiger partial charge is 0.337 e. The quantitative estimate of drug-likeness (QED) is 0.860. The number of hydrogen-bond acceptors (Lipinski definition) is 3. The van der Waals surface area contributed by atoms with E-state index in [-0.39, 0.29) is 5.91 Å². The van der Waals surface area contributed by atoms with Gasteiger partial charge in [0.05, 0.1) is 6.33 Å². The maximum atomic E-state index is 12.8. The zero-order valence-corrected chi connectivity index (χ0v) is 14.3. The van der Waals surface area contributed by atoms with E-state index in [0.29, 0.717) is 23.7 Å². The standard InChI is InChI=1S/C18H28N4O/c1-13(2)21-11-16(19-12-21)18(23)20-9-7-17-14(10-20)4-3-8-22(17)15-5-6-15/h11-15,17H,3-10H2,1-2H3/t14-,17-/m1/s1. The molecule has 126 valence electrons. The number of piperidine rings is 2. The lowest BCUT2D eigenvalue weighted by Gasteiger charge is -2.47. The van der Waals surface area contributed by atoms with Crippen LogP contribution >= 0.6 is 0 Å². The maximum absolute atomic E-state index is 12.8. The average Bonchev–Trinajstić information content (AvgIpc) is 3.28. The van der Waals surface area contributed by atoms with Crippen LogP contribution in [0.2, 0.25) is 0 Å². The van der Waals surface area contributed by atoms with Crippen LogP contribution in [0.3, 0.4) is 0 Å². The van der Waals surface area contributed by atoms with Crippen LogP contribution in [0.5, 0.6) is 0 Å². The molecule has 0 aromatic carbocycles. The molecule has 5 nitrogen and oxygen atoms in total. The van der Waals surface area contributed by atoms with Crippen molar-refractivity contribution in [2.75, 3.05) is 19.6 Å². The number of likely N-dealkylation sites (tertiary alicyclic amines) is 2. The van der Waals surface area contributed by atoms with Crippen LogP contribution in [-0.2, 0) is 0 Å². The summed E-state index contributed by atoms with van der Waals surface area (Å²) in [6.07, 6.45) is 10.2. The van der Waals surface area contributed by atoms with Crippen molar-refractivity contribution >= 4 is 5.91 Å². The number of nitrogens with zero attached hydrogens (tertiary/aromatic N) is 4. The van der Waals surface area contributed by atoms with Crippen molar-refractivity contribution < 1.29 is 4.79 Å². The van der Waals surface area contributed by atoms with E-state index >= 15 is 0 Å². The highest BCUT2D eigenvalue weighted by Crippen LogP contribution is 2.38. The van der Waals surface area contributed by atoms with Gasteiger partial charge in [0.25, 0.3) is 5.91 Å². The van der Waals surface area contributed by atoms with Crippen molar-refractivity contribution in [2.45, 2.75) is 64.1 Å². The zero-order chi connectivity index (χ0) is 16.0. The van der Waals surface area contributed by atoms with Crippen LogP contribution in [-0.4, -0.2) is 57.0 Å². The normalized spacial score (nSPS) is 28.9. The van der Waals surface area contributed by atoms with E-state index in [1.54, 1.807) is 6.33 Å². The minimum Gasteiger partial charge on any atom is -0.337 e. The lowest BCUT2D eigenvalue weighted by atomic mass is 9.83. The average molecular weight is 316 g/mol. The smallest absolute Gasteiger partial charge is 0.274 e. The van der Waals surface area contributed by atoms with Gasteiger partial charge in [-0.15, -0.1) is 0 Å². The lowest BCUT2D eigenvalue weighted by Crippen LogP contribution is -2.55. The Hall–Kier alpha value is -1.36. The topological polar surface area (TPSA) is 41.4 Å². The van der Waals surface area contributed by atoms with Crippen molar-refractivity contribution in [1.82, 2.24) is 19.4 Å². The van der Waals surface area contributed by atoms with Crippen molar-refractivity contribution in [3.8, 4) is 0 Å². The van der Waals surface area contributed by atoms with E-state index < -0.39 is 0 Å². The molecule has 5 heteroatoms. The van der Waals surface area contributed by atoms with Crippen LogP contribution in [0.1, 0.15) is 62.5 Å². The van der Waals surface area contributed by atoms with Crippen LogP contribution in [0.25, 0.3) is 0 Å². The summed E-state index contributed by atoms with van der Waals surface area (Å²) in [6, 6.07) is 1.92. The van der Waals surface area contributed by atoms with E-state index in [0.717, 1.165) is 25.6 Å². The third-order valence-corrected chi connectivity index (χ3v) is 5.83. The third-order valence-electron chi connectivity index (χ3n) is 5.83. The second-order valence-electron chi connectivity index (χ2n) is 7.78. The Morgan fingerprint density at radius 1 is 1.22 bits per heavy atom. The van der Waals surface area contributed by atoms with Crippen LogP contribution in [0, 0.1) is 5.92 Å². The van der Waals surface area contributed by atoms with Gasteiger partial charge in [0.1, 0.15) is 5.69 Å². The molecule has 3 fully saturated rings. The highest BCUT2D eigenvalue weighted by Gasteiger charge is 2.42. The fourth-order valence-corrected chi connectivity index (χ4v) is 4.38. The van der Waals surface area contributed by atoms with Gasteiger partial charge in [-0.3, -0.25) is 9.69 Å². The van der Waals surface area contributed by atoms with Crippen LogP contribution < -0.4 is 0 Å². The van der Waals surface area contributed by atoms with E-state index in [9.17, 15) is 4.79 Å². The first-order chi connectivity index (χ1) is 11.1. The summed E-state index contributed by atoms with van der Waals surface area (Å²) in [7, 11) is 0. The highest BCUT2D eigenvalue weighted by molar-refractivity contribution is 5.92. The van der Waals surface area contributed by atoms with Gasteiger partial charge in [0.2, 0.25) is 0 Å². The molecule has 23 heavy (non-hydrogen) atoms. The number of imidazole rings is 1. The molecule has 1 saturated carbocycles. The predicted molar refractivity (Wildman–Crippen MR) is 89.4 cm³/mol. The SMILES string of the molecule is CC(C)n1cnc(C(=O)N2CC[C@@H]3[C@H](CCCN3C3CC3)C2)c1. The highest BCUT2D eigenvalue weighted by atomic mass is 16.2. The third kappa shape index (κ3) is 2.91. The van der Waals surface area contributed by atoms with Crippen molar-refractivity contribution in [3.05, 3.63) is 18.2 Å². The number of fused-ring (bicyclic) bond motifs is 1. The minimum absolute atomic E-state index is 0.117. The van der Waals surface area contributed by atoms with Gasteiger partial charge in [-0.1, -0.05) is 0 Å². The fourth-order valence-electron chi connectivity index (χ4n) is 4.38. The van der Waals surface area contributed by atoms with Gasteiger partial charge in [-0.05, 0) is 58.4 Å². The molecule has 2 aliphatic heterocycles. The van der Waals surface area contributed by atoms with Crippen molar-refractivity contribution in [2.24, 2.45) is 5.92 Å². The molecule has 1 aromatic heterocycles. The maximum Gasteiger partial charge on any atom is 0.274 e. The molecule has 1 aliphatic carbocycles. The van der Waals surface area contributed by atoms with Gasteiger partial charge >= 0.3 is 0 Å².